The Hall–Kier alpha value is -2.45. The minimum atomic E-state index is -0.827. The van der Waals surface area contributed by atoms with Crippen LogP contribution in [0.4, 0.5) is 5.69 Å². The predicted molar refractivity (Wildman–Crippen MR) is 73.7 cm³/mol. The zero-order valence-electron chi connectivity index (χ0n) is 10.7. The normalized spacial score (nSPS) is 12.3. The first kappa shape index (κ1) is 14.0. The van der Waals surface area contributed by atoms with Crippen LogP contribution in [0.15, 0.2) is 27.8 Å². The number of aromatic amines is 2. The summed E-state index contributed by atoms with van der Waals surface area (Å²) in [5.41, 5.74) is 4.68. The molecule has 0 radical (unpaired) electrons. The topological polar surface area (TPSA) is 130 Å². The van der Waals surface area contributed by atoms with Gasteiger partial charge in [-0.1, -0.05) is 6.07 Å². The summed E-state index contributed by atoms with van der Waals surface area (Å²) in [6.45, 7) is 0.00401. The third-order valence-corrected chi connectivity index (χ3v) is 2.87. The van der Waals surface area contributed by atoms with Gasteiger partial charge in [0.2, 0.25) is 0 Å². The molecule has 0 aliphatic carbocycles. The summed E-state index contributed by atoms with van der Waals surface area (Å²) >= 11 is 0. The van der Waals surface area contributed by atoms with Crippen LogP contribution in [0.1, 0.15) is 0 Å². The Morgan fingerprint density at radius 3 is 2.70 bits per heavy atom. The van der Waals surface area contributed by atoms with E-state index in [1.165, 1.54) is 19.2 Å². The average Bonchev–Trinajstić information content (AvgIpc) is 2.44. The number of hydrogen-bond acceptors (Lipinski definition) is 5. The van der Waals surface area contributed by atoms with E-state index in [-0.39, 0.29) is 23.0 Å². The maximum absolute atomic E-state index is 11.9. The van der Waals surface area contributed by atoms with Crippen LogP contribution in [0.5, 0.6) is 0 Å². The quantitative estimate of drug-likeness (QED) is 0.577. The number of hydrogen-bond donors (Lipinski definition) is 4. The molecule has 106 valence electrons. The maximum atomic E-state index is 11.9. The van der Waals surface area contributed by atoms with Gasteiger partial charge in [-0.05, 0) is 12.1 Å². The van der Waals surface area contributed by atoms with E-state index >= 15 is 0 Å². The Morgan fingerprint density at radius 2 is 2.05 bits per heavy atom. The molecule has 0 bridgehead atoms. The van der Waals surface area contributed by atoms with E-state index in [4.69, 9.17) is 10.5 Å². The van der Waals surface area contributed by atoms with Crippen molar-refractivity contribution in [1.82, 2.24) is 10.2 Å². The van der Waals surface area contributed by atoms with Crippen molar-refractivity contribution in [3.05, 3.63) is 38.9 Å². The largest absolute Gasteiger partial charge is 0.370 e. The van der Waals surface area contributed by atoms with Crippen LogP contribution in [0, 0.1) is 0 Å². The first-order chi connectivity index (χ1) is 9.58. The van der Waals surface area contributed by atoms with Crippen LogP contribution >= 0.6 is 0 Å². The molecular formula is C12H14N4O4. The molecule has 1 aromatic heterocycles. The summed E-state index contributed by atoms with van der Waals surface area (Å²) in [4.78, 5) is 35.3. The number of carbonyl (C=O) groups excluding carboxylic acids is 1. The van der Waals surface area contributed by atoms with Crippen molar-refractivity contribution in [3.63, 3.8) is 0 Å². The lowest BCUT2D eigenvalue weighted by molar-refractivity contribution is -0.125. The van der Waals surface area contributed by atoms with Crippen LogP contribution in [0.2, 0.25) is 0 Å². The standard InChI is InChI=1S/C12H14N4O4/c1-20-8(5-13)11(18)14-7-4-2-3-6-9(7)12(19)16-15-10(6)17/h2-4,8H,5,13H2,1H3,(H,14,18)(H,15,17)(H,16,19). The number of H-pyrrole nitrogens is 2. The number of anilines is 1. The first-order valence-electron chi connectivity index (χ1n) is 5.86. The lowest BCUT2D eigenvalue weighted by Crippen LogP contribution is -2.36. The fraction of sp³-hybridized carbons (Fsp3) is 0.250. The predicted octanol–water partition coefficient (Wildman–Crippen LogP) is -0.871. The molecule has 2 aromatic rings. The molecule has 8 heteroatoms. The lowest BCUT2D eigenvalue weighted by Gasteiger charge is -2.13. The number of benzene rings is 1. The van der Waals surface area contributed by atoms with Crippen LogP contribution < -0.4 is 22.2 Å². The fourth-order valence-corrected chi connectivity index (χ4v) is 1.86. The Labute approximate surface area is 112 Å². The van der Waals surface area contributed by atoms with Gasteiger partial charge in [0, 0.05) is 13.7 Å². The molecule has 5 N–H and O–H groups in total. The second kappa shape index (κ2) is 5.68. The van der Waals surface area contributed by atoms with E-state index in [1.54, 1.807) is 6.07 Å². The van der Waals surface area contributed by atoms with Crippen LogP contribution in [0.25, 0.3) is 10.8 Å². The summed E-state index contributed by atoms with van der Waals surface area (Å²) in [6, 6.07) is 4.59. The van der Waals surface area contributed by atoms with E-state index in [0.29, 0.717) is 0 Å². The molecule has 1 heterocycles. The highest BCUT2D eigenvalue weighted by molar-refractivity contribution is 6.02. The summed E-state index contributed by atoms with van der Waals surface area (Å²) in [5.74, 6) is -0.484. The highest BCUT2D eigenvalue weighted by Gasteiger charge is 2.17. The highest BCUT2D eigenvalue weighted by atomic mass is 16.5. The number of nitrogens with two attached hydrogens (primary N) is 1. The minimum absolute atomic E-state index is 0.00401. The van der Waals surface area contributed by atoms with Gasteiger partial charge in [-0.15, -0.1) is 0 Å². The Kier molecular flexibility index (Phi) is 3.97. The van der Waals surface area contributed by atoms with Crippen LogP contribution in [0.3, 0.4) is 0 Å². The molecule has 0 spiro atoms. The average molecular weight is 278 g/mol. The Bertz CT molecular complexity index is 745. The molecule has 1 amide bonds. The van der Waals surface area contributed by atoms with Crippen molar-refractivity contribution in [2.45, 2.75) is 6.10 Å². The van der Waals surface area contributed by atoms with Gasteiger partial charge in [0.25, 0.3) is 17.0 Å². The molecule has 0 saturated carbocycles. The number of aromatic nitrogens is 2. The summed E-state index contributed by atoms with van der Waals surface area (Å²) in [6.07, 6.45) is -0.827. The smallest absolute Gasteiger partial charge is 0.272 e. The first-order valence-corrected chi connectivity index (χ1v) is 5.86. The molecule has 2 rings (SSSR count). The number of amides is 1. The molecule has 8 nitrogen and oxygen atoms in total. The van der Waals surface area contributed by atoms with Gasteiger partial charge < -0.3 is 15.8 Å². The summed E-state index contributed by atoms with van der Waals surface area (Å²) in [5, 5.41) is 7.27. The van der Waals surface area contributed by atoms with Crippen molar-refractivity contribution in [1.29, 1.82) is 0 Å². The van der Waals surface area contributed by atoms with Gasteiger partial charge in [-0.3, -0.25) is 24.6 Å². The second-order valence-corrected chi connectivity index (χ2v) is 4.09. The maximum Gasteiger partial charge on any atom is 0.272 e. The molecule has 1 atom stereocenters. The molecule has 0 saturated heterocycles. The number of nitrogens with one attached hydrogen (secondary N) is 3. The highest BCUT2D eigenvalue weighted by Crippen LogP contribution is 2.17. The molecule has 0 fully saturated rings. The molecule has 1 aromatic carbocycles. The summed E-state index contributed by atoms with van der Waals surface area (Å²) in [7, 11) is 1.36. The van der Waals surface area contributed by atoms with Crippen molar-refractivity contribution in [2.24, 2.45) is 5.73 Å². The number of ether oxygens (including phenoxy) is 1. The van der Waals surface area contributed by atoms with E-state index in [0.717, 1.165) is 0 Å². The van der Waals surface area contributed by atoms with E-state index in [9.17, 15) is 14.4 Å². The van der Waals surface area contributed by atoms with E-state index < -0.39 is 23.1 Å². The molecule has 20 heavy (non-hydrogen) atoms. The Morgan fingerprint density at radius 1 is 1.35 bits per heavy atom. The lowest BCUT2D eigenvalue weighted by atomic mass is 10.1. The monoisotopic (exact) mass is 278 g/mol. The van der Waals surface area contributed by atoms with Crippen molar-refractivity contribution >= 4 is 22.4 Å². The van der Waals surface area contributed by atoms with Crippen LogP contribution in [-0.2, 0) is 9.53 Å². The third kappa shape index (κ3) is 2.46. The number of fused-ring (bicyclic) bond motifs is 1. The van der Waals surface area contributed by atoms with E-state index in [2.05, 4.69) is 15.5 Å². The van der Waals surface area contributed by atoms with Crippen molar-refractivity contribution < 1.29 is 9.53 Å². The van der Waals surface area contributed by atoms with Gasteiger partial charge in [-0.2, -0.15) is 0 Å². The minimum Gasteiger partial charge on any atom is -0.370 e. The second-order valence-electron chi connectivity index (χ2n) is 4.09. The van der Waals surface area contributed by atoms with Crippen LogP contribution in [-0.4, -0.2) is 35.9 Å². The van der Waals surface area contributed by atoms with Gasteiger partial charge in [0.15, 0.2) is 0 Å². The molecule has 0 aliphatic heterocycles. The van der Waals surface area contributed by atoms with Gasteiger partial charge in [0.1, 0.15) is 6.10 Å². The Balaban J connectivity index is 2.51. The zero-order valence-corrected chi connectivity index (χ0v) is 10.7. The SMILES string of the molecule is COC(CN)C(=O)Nc1cccc2c(=O)[nH][nH]c(=O)c12. The summed E-state index contributed by atoms with van der Waals surface area (Å²) < 4.78 is 4.91. The number of rotatable bonds is 4. The molecule has 0 aliphatic rings. The van der Waals surface area contributed by atoms with Crippen molar-refractivity contribution in [3.8, 4) is 0 Å². The van der Waals surface area contributed by atoms with Crippen molar-refractivity contribution in [2.75, 3.05) is 19.0 Å². The van der Waals surface area contributed by atoms with Gasteiger partial charge in [0.05, 0.1) is 16.5 Å². The van der Waals surface area contributed by atoms with Gasteiger partial charge in [-0.25, -0.2) is 0 Å². The zero-order chi connectivity index (χ0) is 14.7. The number of methoxy groups -OCH3 is 1. The third-order valence-electron chi connectivity index (χ3n) is 2.87. The van der Waals surface area contributed by atoms with Gasteiger partial charge >= 0.3 is 0 Å². The molecule has 1 unspecified atom stereocenters. The molecular weight excluding hydrogens is 264 g/mol. The fourth-order valence-electron chi connectivity index (χ4n) is 1.86. The number of carbonyl (C=O) groups is 1. The van der Waals surface area contributed by atoms with E-state index in [1.807, 2.05) is 0 Å².